The van der Waals surface area contributed by atoms with Gasteiger partial charge in [-0.3, -0.25) is 0 Å². The highest BCUT2D eigenvalue weighted by Crippen LogP contribution is 2.22. The summed E-state index contributed by atoms with van der Waals surface area (Å²) in [5.74, 6) is -0.270. The van der Waals surface area contributed by atoms with Crippen molar-refractivity contribution < 1.29 is 13.9 Å². The van der Waals surface area contributed by atoms with Gasteiger partial charge >= 0.3 is 0 Å². The van der Waals surface area contributed by atoms with Crippen molar-refractivity contribution in [2.45, 2.75) is 17.4 Å². The summed E-state index contributed by atoms with van der Waals surface area (Å²) < 4.78 is 26.3. The van der Waals surface area contributed by atoms with Crippen LogP contribution in [0.5, 0.6) is 0 Å². The molecular formula is C15H13ClF2OS. The minimum atomic E-state index is -0.696. The van der Waals surface area contributed by atoms with E-state index in [4.69, 9.17) is 11.6 Å². The lowest BCUT2D eigenvalue weighted by Crippen LogP contribution is -2.14. The Balaban J connectivity index is 1.90. The van der Waals surface area contributed by atoms with Crippen LogP contribution in [0.15, 0.2) is 47.4 Å². The van der Waals surface area contributed by atoms with Crippen molar-refractivity contribution in [1.82, 2.24) is 0 Å². The molecular weight excluding hydrogens is 302 g/mol. The van der Waals surface area contributed by atoms with E-state index >= 15 is 0 Å². The molecule has 2 aromatic rings. The van der Waals surface area contributed by atoms with Gasteiger partial charge in [0.15, 0.2) is 0 Å². The Labute approximate surface area is 125 Å². The van der Waals surface area contributed by atoms with Crippen molar-refractivity contribution in [2.75, 3.05) is 5.75 Å². The van der Waals surface area contributed by atoms with Crippen LogP contribution in [0.2, 0.25) is 5.02 Å². The van der Waals surface area contributed by atoms with E-state index in [1.807, 2.05) is 0 Å². The summed E-state index contributed by atoms with van der Waals surface area (Å²) in [6, 6.07) is 10.3. The van der Waals surface area contributed by atoms with Crippen molar-refractivity contribution in [3.8, 4) is 0 Å². The Morgan fingerprint density at radius 3 is 2.50 bits per heavy atom. The third-order valence-electron chi connectivity index (χ3n) is 2.72. The molecule has 106 valence electrons. The zero-order valence-corrected chi connectivity index (χ0v) is 12.1. The van der Waals surface area contributed by atoms with Crippen LogP contribution in [-0.2, 0) is 6.42 Å². The van der Waals surface area contributed by atoms with Crippen LogP contribution in [0.3, 0.4) is 0 Å². The van der Waals surface area contributed by atoms with E-state index < -0.39 is 6.10 Å². The summed E-state index contributed by atoms with van der Waals surface area (Å²) in [6.07, 6.45) is -0.501. The number of benzene rings is 2. The molecule has 20 heavy (non-hydrogen) atoms. The monoisotopic (exact) mass is 314 g/mol. The third kappa shape index (κ3) is 4.47. The van der Waals surface area contributed by atoms with Crippen molar-refractivity contribution >= 4 is 23.4 Å². The van der Waals surface area contributed by atoms with Crippen LogP contribution >= 0.6 is 23.4 Å². The molecule has 0 fully saturated rings. The van der Waals surface area contributed by atoms with Crippen LogP contribution in [0.25, 0.3) is 0 Å². The van der Waals surface area contributed by atoms with Gasteiger partial charge in [-0.05, 0) is 48.0 Å². The average Bonchev–Trinajstić information content (AvgIpc) is 2.42. The van der Waals surface area contributed by atoms with Crippen LogP contribution in [0, 0.1) is 11.6 Å². The predicted molar refractivity (Wildman–Crippen MR) is 78.2 cm³/mol. The fraction of sp³-hybridized carbons (Fsp3) is 0.200. The normalized spacial score (nSPS) is 12.4. The third-order valence-corrected chi connectivity index (χ3v) is 4.11. The van der Waals surface area contributed by atoms with Crippen LogP contribution in [0.4, 0.5) is 8.78 Å². The minimum absolute atomic E-state index is 0.195. The summed E-state index contributed by atoms with van der Waals surface area (Å²) >= 11 is 7.19. The van der Waals surface area contributed by atoms with Crippen LogP contribution in [0.1, 0.15) is 5.56 Å². The lowest BCUT2D eigenvalue weighted by atomic mass is 10.1. The molecule has 1 atom stereocenters. The number of halogens is 3. The maximum absolute atomic E-state index is 13.5. The first kappa shape index (κ1) is 15.3. The van der Waals surface area contributed by atoms with Gasteiger partial charge in [-0.2, -0.15) is 0 Å². The minimum Gasteiger partial charge on any atom is -0.392 e. The number of hydrogen-bond acceptors (Lipinski definition) is 2. The van der Waals surface area contributed by atoms with Gasteiger partial charge in [-0.15, -0.1) is 11.8 Å². The number of hydrogen-bond donors (Lipinski definition) is 1. The second-order valence-corrected chi connectivity index (χ2v) is 5.89. The van der Waals surface area contributed by atoms with Gasteiger partial charge in [0.2, 0.25) is 0 Å². The number of thioether (sulfide) groups is 1. The van der Waals surface area contributed by atoms with Crippen molar-refractivity contribution in [1.29, 1.82) is 0 Å². The van der Waals surface area contributed by atoms with E-state index in [1.54, 1.807) is 12.1 Å². The molecule has 0 bridgehead atoms. The van der Waals surface area contributed by atoms with Gasteiger partial charge in [0.1, 0.15) is 11.6 Å². The molecule has 0 saturated carbocycles. The molecule has 2 rings (SSSR count). The molecule has 0 radical (unpaired) electrons. The molecule has 0 heterocycles. The lowest BCUT2D eigenvalue weighted by Gasteiger charge is -2.11. The topological polar surface area (TPSA) is 20.2 Å². The first-order valence-corrected chi connectivity index (χ1v) is 7.41. The summed E-state index contributed by atoms with van der Waals surface area (Å²) in [4.78, 5) is 0.858. The summed E-state index contributed by atoms with van der Waals surface area (Å²) in [5, 5.41) is 10.4. The number of rotatable bonds is 5. The van der Waals surface area contributed by atoms with E-state index in [-0.39, 0.29) is 18.1 Å². The van der Waals surface area contributed by atoms with Gasteiger partial charge in [-0.1, -0.05) is 11.6 Å². The number of aliphatic hydroxyl groups is 1. The molecule has 5 heteroatoms. The molecule has 0 saturated heterocycles. The zero-order chi connectivity index (χ0) is 14.5. The van der Waals surface area contributed by atoms with Gasteiger partial charge < -0.3 is 5.11 Å². The Bertz CT molecular complexity index is 575. The predicted octanol–water partition coefficient (Wildman–Crippen LogP) is 4.31. The molecule has 0 aliphatic heterocycles. The maximum Gasteiger partial charge on any atom is 0.126 e. The molecule has 1 N–H and O–H groups in total. The summed E-state index contributed by atoms with van der Waals surface area (Å²) in [7, 11) is 0. The molecule has 0 aliphatic rings. The van der Waals surface area contributed by atoms with E-state index in [1.165, 1.54) is 42.1 Å². The summed E-state index contributed by atoms with van der Waals surface area (Å²) in [5.41, 5.74) is 0.393. The highest BCUT2D eigenvalue weighted by Gasteiger charge is 2.11. The van der Waals surface area contributed by atoms with Crippen molar-refractivity contribution in [3.05, 3.63) is 64.7 Å². The van der Waals surface area contributed by atoms with Gasteiger partial charge in [0, 0.05) is 22.1 Å². The SMILES string of the molecule is OC(CSc1ccc(F)cc1)Cc1cc(Cl)ccc1F. The van der Waals surface area contributed by atoms with E-state index in [2.05, 4.69) is 0 Å². The van der Waals surface area contributed by atoms with E-state index in [0.29, 0.717) is 16.3 Å². The average molecular weight is 315 g/mol. The molecule has 0 spiro atoms. The highest BCUT2D eigenvalue weighted by molar-refractivity contribution is 7.99. The van der Waals surface area contributed by atoms with E-state index in [9.17, 15) is 13.9 Å². The molecule has 0 aromatic heterocycles. The van der Waals surface area contributed by atoms with Gasteiger partial charge in [0.25, 0.3) is 0 Å². The van der Waals surface area contributed by atoms with Crippen LogP contribution in [-0.4, -0.2) is 17.0 Å². The molecule has 0 amide bonds. The Morgan fingerprint density at radius 1 is 1.10 bits per heavy atom. The Kier molecular flexibility index (Phi) is 5.40. The summed E-state index contributed by atoms with van der Waals surface area (Å²) in [6.45, 7) is 0. The Morgan fingerprint density at radius 2 is 1.80 bits per heavy atom. The molecule has 2 aromatic carbocycles. The van der Waals surface area contributed by atoms with Gasteiger partial charge in [-0.25, -0.2) is 8.78 Å². The Hall–Kier alpha value is -1.10. The van der Waals surface area contributed by atoms with Crippen molar-refractivity contribution in [2.24, 2.45) is 0 Å². The second-order valence-electron chi connectivity index (χ2n) is 4.36. The van der Waals surface area contributed by atoms with Crippen LogP contribution < -0.4 is 0 Å². The zero-order valence-electron chi connectivity index (χ0n) is 10.5. The van der Waals surface area contributed by atoms with Gasteiger partial charge in [0.05, 0.1) is 6.10 Å². The largest absolute Gasteiger partial charge is 0.392 e. The smallest absolute Gasteiger partial charge is 0.126 e. The first-order valence-electron chi connectivity index (χ1n) is 6.05. The highest BCUT2D eigenvalue weighted by atomic mass is 35.5. The standard InChI is InChI=1S/C15H13ClF2OS/c16-11-1-6-15(18)10(7-11)8-13(19)9-20-14-4-2-12(17)3-5-14/h1-7,13,19H,8-9H2. The first-order chi connectivity index (χ1) is 9.54. The van der Waals surface area contributed by atoms with Crippen molar-refractivity contribution in [3.63, 3.8) is 0 Å². The quantitative estimate of drug-likeness (QED) is 0.830. The maximum atomic E-state index is 13.5. The second kappa shape index (κ2) is 7.07. The fourth-order valence-electron chi connectivity index (χ4n) is 1.74. The van der Waals surface area contributed by atoms with E-state index in [0.717, 1.165) is 4.90 Å². The molecule has 1 nitrogen and oxygen atoms in total. The number of aliphatic hydroxyl groups excluding tert-OH is 1. The lowest BCUT2D eigenvalue weighted by molar-refractivity contribution is 0.198. The molecule has 0 aliphatic carbocycles. The molecule has 1 unspecified atom stereocenters. The fourth-order valence-corrected chi connectivity index (χ4v) is 2.76.